The minimum absolute atomic E-state index is 0.0447. The Labute approximate surface area is 130 Å². The summed E-state index contributed by atoms with van der Waals surface area (Å²) in [6, 6.07) is 7.83. The van der Waals surface area contributed by atoms with Gasteiger partial charge in [-0.05, 0) is 55.7 Å². The number of nitrogens with zero attached hydrogens (tertiary/aromatic N) is 1. The lowest BCUT2D eigenvalue weighted by Gasteiger charge is -2.32. The van der Waals surface area contributed by atoms with Crippen molar-refractivity contribution >= 4 is 5.91 Å². The maximum absolute atomic E-state index is 13.3. The molecule has 22 heavy (non-hydrogen) atoms. The third-order valence-electron chi connectivity index (χ3n) is 5.34. The number of nitrogens with one attached hydrogen (secondary N) is 1. The monoisotopic (exact) mass is 302 g/mol. The highest BCUT2D eigenvalue weighted by molar-refractivity contribution is 5.83. The summed E-state index contributed by atoms with van der Waals surface area (Å²) in [4.78, 5) is 14.9. The molecule has 1 saturated heterocycles. The first-order valence-electron chi connectivity index (χ1n) is 8.50. The number of likely N-dealkylation sites (tertiary alicyclic amines) is 1. The van der Waals surface area contributed by atoms with E-state index in [2.05, 4.69) is 10.2 Å². The molecular formula is C18H23FN2O. The maximum atomic E-state index is 13.3. The second-order valence-corrected chi connectivity index (χ2v) is 7.05. The molecule has 1 amide bonds. The fraction of sp³-hybridized carbons (Fsp3) is 0.611. The van der Waals surface area contributed by atoms with Gasteiger partial charge in [0.05, 0.1) is 0 Å². The number of benzene rings is 1. The number of rotatable bonds is 4. The van der Waals surface area contributed by atoms with Crippen molar-refractivity contribution in [1.82, 2.24) is 10.2 Å². The Balaban J connectivity index is 1.27. The van der Waals surface area contributed by atoms with Gasteiger partial charge in [-0.2, -0.15) is 0 Å². The van der Waals surface area contributed by atoms with Crippen molar-refractivity contribution in [3.8, 4) is 0 Å². The van der Waals surface area contributed by atoms with E-state index in [1.165, 1.54) is 18.9 Å². The lowest BCUT2D eigenvalue weighted by Crippen LogP contribution is -2.45. The Hall–Kier alpha value is -1.42. The van der Waals surface area contributed by atoms with E-state index in [9.17, 15) is 9.18 Å². The second-order valence-electron chi connectivity index (χ2n) is 7.05. The van der Waals surface area contributed by atoms with Crippen LogP contribution >= 0.6 is 0 Å². The van der Waals surface area contributed by atoms with E-state index in [0.717, 1.165) is 44.0 Å². The van der Waals surface area contributed by atoms with Crippen LogP contribution in [-0.4, -0.2) is 36.0 Å². The van der Waals surface area contributed by atoms with Crippen LogP contribution in [0.3, 0.4) is 0 Å². The third kappa shape index (κ3) is 3.02. The molecule has 3 aliphatic rings. The molecule has 1 N–H and O–H groups in total. The summed E-state index contributed by atoms with van der Waals surface area (Å²) in [5.74, 6) is 0.209. The molecule has 0 aromatic heterocycles. The Morgan fingerprint density at radius 3 is 2.64 bits per heavy atom. The summed E-state index contributed by atoms with van der Waals surface area (Å²) >= 11 is 0. The van der Waals surface area contributed by atoms with Gasteiger partial charge >= 0.3 is 0 Å². The van der Waals surface area contributed by atoms with Gasteiger partial charge in [-0.25, -0.2) is 4.39 Å². The highest BCUT2D eigenvalue weighted by atomic mass is 19.1. The summed E-state index contributed by atoms with van der Waals surface area (Å²) < 4.78 is 13.3. The zero-order chi connectivity index (χ0) is 15.1. The molecule has 4 heteroatoms. The molecule has 2 aliphatic carbocycles. The third-order valence-corrected chi connectivity index (χ3v) is 5.34. The summed E-state index contributed by atoms with van der Waals surface area (Å²) in [5.41, 5.74) is 0.962. The number of halogens is 1. The maximum Gasteiger partial charge on any atom is 0.223 e. The lowest BCUT2D eigenvalue weighted by molar-refractivity contribution is -0.123. The predicted octanol–water partition coefficient (Wildman–Crippen LogP) is 2.67. The van der Waals surface area contributed by atoms with Gasteiger partial charge < -0.3 is 10.2 Å². The van der Waals surface area contributed by atoms with Crippen molar-refractivity contribution in [2.45, 2.75) is 50.1 Å². The van der Waals surface area contributed by atoms with Crippen molar-refractivity contribution in [3.63, 3.8) is 0 Å². The van der Waals surface area contributed by atoms with Gasteiger partial charge in [-0.3, -0.25) is 4.79 Å². The first kappa shape index (κ1) is 14.2. The van der Waals surface area contributed by atoms with Crippen molar-refractivity contribution in [2.24, 2.45) is 5.92 Å². The molecule has 3 fully saturated rings. The molecule has 0 unspecified atom stereocenters. The zero-order valence-corrected chi connectivity index (χ0v) is 12.8. The van der Waals surface area contributed by atoms with Crippen LogP contribution in [0.5, 0.6) is 0 Å². The quantitative estimate of drug-likeness (QED) is 0.927. The average molecular weight is 302 g/mol. The van der Waals surface area contributed by atoms with Crippen molar-refractivity contribution in [3.05, 3.63) is 35.6 Å². The van der Waals surface area contributed by atoms with Crippen molar-refractivity contribution in [1.29, 1.82) is 0 Å². The Morgan fingerprint density at radius 2 is 1.95 bits per heavy atom. The van der Waals surface area contributed by atoms with E-state index in [0.29, 0.717) is 6.04 Å². The molecule has 0 radical (unpaired) electrons. The number of carbonyl (C=O) groups is 1. The Bertz CT molecular complexity index is 564. The summed E-state index contributed by atoms with van der Waals surface area (Å²) in [7, 11) is 0. The van der Waals surface area contributed by atoms with Gasteiger partial charge in [0.25, 0.3) is 0 Å². The van der Waals surface area contributed by atoms with E-state index in [-0.39, 0.29) is 23.6 Å². The molecule has 1 aromatic rings. The van der Waals surface area contributed by atoms with Crippen LogP contribution in [0.15, 0.2) is 24.3 Å². The SMILES string of the molecule is O=C(NC1CCN(C2CC2)CC1)[C@@H]1C[C@H]1c1cccc(F)c1. The Kier molecular flexibility index (Phi) is 3.65. The van der Waals surface area contributed by atoms with Gasteiger partial charge in [0.2, 0.25) is 5.91 Å². The predicted molar refractivity (Wildman–Crippen MR) is 83.0 cm³/mol. The van der Waals surface area contributed by atoms with E-state index in [1.54, 1.807) is 12.1 Å². The summed E-state index contributed by atoms with van der Waals surface area (Å²) in [5, 5.41) is 3.22. The van der Waals surface area contributed by atoms with Crippen LogP contribution in [0.4, 0.5) is 4.39 Å². The van der Waals surface area contributed by atoms with Crippen LogP contribution in [0.25, 0.3) is 0 Å². The van der Waals surface area contributed by atoms with Crippen LogP contribution in [-0.2, 0) is 4.79 Å². The first-order valence-corrected chi connectivity index (χ1v) is 8.50. The van der Waals surface area contributed by atoms with E-state index in [1.807, 2.05) is 6.07 Å². The van der Waals surface area contributed by atoms with Gasteiger partial charge in [-0.15, -0.1) is 0 Å². The normalized spacial score (nSPS) is 29.3. The molecule has 0 spiro atoms. The molecule has 2 saturated carbocycles. The fourth-order valence-electron chi connectivity index (χ4n) is 3.75. The van der Waals surface area contributed by atoms with Crippen molar-refractivity contribution in [2.75, 3.05) is 13.1 Å². The van der Waals surface area contributed by atoms with Crippen LogP contribution in [0.2, 0.25) is 0 Å². The largest absolute Gasteiger partial charge is 0.353 e. The first-order chi connectivity index (χ1) is 10.7. The zero-order valence-electron chi connectivity index (χ0n) is 12.8. The average Bonchev–Trinajstić information content (AvgIpc) is 3.39. The van der Waals surface area contributed by atoms with Crippen LogP contribution in [0, 0.1) is 11.7 Å². The highest BCUT2D eigenvalue weighted by Crippen LogP contribution is 2.47. The van der Waals surface area contributed by atoms with E-state index in [4.69, 9.17) is 0 Å². The number of hydrogen-bond acceptors (Lipinski definition) is 2. The standard InChI is InChI=1S/C18H23FN2O/c19-13-3-1-2-12(10-13)16-11-17(16)18(22)20-14-6-8-21(9-7-14)15-4-5-15/h1-3,10,14-17H,4-9,11H2,(H,20,22)/t16-,17+/m0/s1. The Morgan fingerprint density at radius 1 is 1.18 bits per heavy atom. The highest BCUT2D eigenvalue weighted by Gasteiger charge is 2.44. The molecule has 4 rings (SSSR count). The van der Waals surface area contributed by atoms with Gasteiger partial charge in [0.1, 0.15) is 5.82 Å². The van der Waals surface area contributed by atoms with E-state index >= 15 is 0 Å². The van der Waals surface area contributed by atoms with Gasteiger partial charge in [-0.1, -0.05) is 12.1 Å². The minimum atomic E-state index is -0.212. The summed E-state index contributed by atoms with van der Waals surface area (Å²) in [6.07, 6.45) is 5.71. The van der Waals surface area contributed by atoms with Crippen LogP contribution in [0.1, 0.15) is 43.6 Å². The molecule has 3 nitrogen and oxygen atoms in total. The van der Waals surface area contributed by atoms with Crippen molar-refractivity contribution < 1.29 is 9.18 Å². The van der Waals surface area contributed by atoms with E-state index < -0.39 is 0 Å². The van der Waals surface area contributed by atoms with Gasteiger partial charge in [0, 0.05) is 31.1 Å². The molecule has 1 aliphatic heterocycles. The molecule has 1 aromatic carbocycles. The smallest absolute Gasteiger partial charge is 0.223 e. The molecule has 0 bridgehead atoms. The molecule has 2 atom stereocenters. The fourth-order valence-corrected chi connectivity index (χ4v) is 3.75. The minimum Gasteiger partial charge on any atom is -0.353 e. The topological polar surface area (TPSA) is 32.3 Å². The number of piperidine rings is 1. The molecule has 118 valence electrons. The second kappa shape index (κ2) is 5.65. The van der Waals surface area contributed by atoms with Crippen LogP contribution < -0.4 is 5.32 Å². The lowest BCUT2D eigenvalue weighted by atomic mass is 10.0. The van der Waals surface area contributed by atoms with Gasteiger partial charge in [0.15, 0.2) is 0 Å². The number of amides is 1. The number of carbonyl (C=O) groups excluding carboxylic acids is 1. The molecule has 1 heterocycles. The summed E-state index contributed by atoms with van der Waals surface area (Å²) in [6.45, 7) is 2.24. The molecular weight excluding hydrogens is 279 g/mol. The number of hydrogen-bond donors (Lipinski definition) is 1.